The molecule has 0 saturated carbocycles. The van der Waals surface area contributed by atoms with Gasteiger partial charge in [-0.1, -0.05) is 12.1 Å². The number of nitrogens with zero attached hydrogens (tertiary/aromatic N) is 5. The number of aromatic nitrogens is 3. The van der Waals surface area contributed by atoms with Crippen LogP contribution in [0.2, 0.25) is 0 Å². The van der Waals surface area contributed by atoms with E-state index in [-0.39, 0.29) is 55.5 Å². The predicted molar refractivity (Wildman–Crippen MR) is 130 cm³/mol. The molecule has 4 rings (SSSR count). The lowest BCUT2D eigenvalue weighted by Crippen LogP contribution is -2.43. The second kappa shape index (κ2) is 9.75. The third-order valence-corrected chi connectivity index (χ3v) is 7.08. The number of amides is 1. The SMILES string of the molecule is COc1nc(C2(F)CCN(C(C)=O)CC2)cc2c(N(C)Cc3cccc(C(F)(F)F)c3C)nc[n+](C)c12. The fourth-order valence-electron chi connectivity index (χ4n) is 4.90. The van der Waals surface area contributed by atoms with Crippen molar-refractivity contribution in [2.75, 3.05) is 32.1 Å². The molecule has 37 heavy (non-hydrogen) atoms. The van der Waals surface area contributed by atoms with Crippen LogP contribution in [0.5, 0.6) is 5.88 Å². The molecule has 0 aliphatic carbocycles. The monoisotopic (exact) mass is 520 g/mol. The molecule has 3 aromatic rings. The number of hydrogen-bond acceptors (Lipinski definition) is 5. The first kappa shape index (κ1) is 26.6. The van der Waals surface area contributed by atoms with E-state index >= 15 is 4.39 Å². The van der Waals surface area contributed by atoms with Crippen molar-refractivity contribution in [3.63, 3.8) is 0 Å². The van der Waals surface area contributed by atoms with Crippen molar-refractivity contribution in [3.8, 4) is 5.88 Å². The number of halogens is 4. The highest BCUT2D eigenvalue weighted by Crippen LogP contribution is 2.40. The lowest BCUT2D eigenvalue weighted by Gasteiger charge is -2.35. The number of carbonyl (C=O) groups is 1. The van der Waals surface area contributed by atoms with Crippen LogP contribution in [0.3, 0.4) is 0 Å². The number of piperidine rings is 1. The van der Waals surface area contributed by atoms with Gasteiger partial charge in [0.25, 0.3) is 18.0 Å². The molecule has 3 heterocycles. The smallest absolute Gasteiger partial charge is 0.416 e. The van der Waals surface area contributed by atoms with Gasteiger partial charge < -0.3 is 14.5 Å². The van der Waals surface area contributed by atoms with Gasteiger partial charge >= 0.3 is 6.18 Å². The Balaban J connectivity index is 1.78. The minimum Gasteiger partial charge on any atom is -0.478 e. The molecule has 198 valence electrons. The van der Waals surface area contributed by atoms with Crippen LogP contribution < -0.4 is 14.2 Å². The molecule has 1 aromatic carbocycles. The minimum atomic E-state index is -4.45. The second-order valence-electron chi connectivity index (χ2n) is 9.51. The van der Waals surface area contributed by atoms with Gasteiger partial charge in [0, 0.05) is 46.4 Å². The molecule has 0 bridgehead atoms. The van der Waals surface area contributed by atoms with Crippen LogP contribution in [0.15, 0.2) is 30.6 Å². The summed E-state index contributed by atoms with van der Waals surface area (Å²) in [5.41, 5.74) is -1.05. The van der Waals surface area contributed by atoms with Crippen molar-refractivity contribution in [1.29, 1.82) is 0 Å². The summed E-state index contributed by atoms with van der Waals surface area (Å²) < 4.78 is 63.7. The van der Waals surface area contributed by atoms with Crippen molar-refractivity contribution in [1.82, 2.24) is 14.9 Å². The summed E-state index contributed by atoms with van der Waals surface area (Å²) in [5, 5.41) is 0.560. The van der Waals surface area contributed by atoms with E-state index in [4.69, 9.17) is 4.74 Å². The molecule has 0 radical (unpaired) electrons. The molecule has 1 aliphatic rings. The summed E-state index contributed by atoms with van der Waals surface area (Å²) in [6, 6.07) is 5.75. The van der Waals surface area contributed by atoms with Crippen molar-refractivity contribution < 1.29 is 31.7 Å². The van der Waals surface area contributed by atoms with Crippen molar-refractivity contribution in [3.05, 3.63) is 53.0 Å². The van der Waals surface area contributed by atoms with Crippen LogP contribution in [0.1, 0.15) is 42.1 Å². The highest BCUT2D eigenvalue weighted by molar-refractivity contribution is 5.90. The number of methoxy groups -OCH3 is 1. The number of aryl methyl sites for hydroxylation is 1. The van der Waals surface area contributed by atoms with E-state index in [1.807, 2.05) is 0 Å². The molecule has 0 spiro atoms. The number of ether oxygens (including phenoxy) is 1. The number of benzene rings is 1. The molecule has 0 unspecified atom stereocenters. The van der Waals surface area contributed by atoms with E-state index in [1.54, 1.807) is 46.9 Å². The summed E-state index contributed by atoms with van der Waals surface area (Å²) >= 11 is 0. The van der Waals surface area contributed by atoms with Gasteiger partial charge in [-0.3, -0.25) is 4.79 Å². The zero-order chi connectivity index (χ0) is 27.1. The number of carbonyl (C=O) groups excluding carboxylic acids is 1. The molecule has 11 heteroatoms. The molecule has 1 saturated heterocycles. The minimum absolute atomic E-state index is 0.0925. The second-order valence-corrected chi connectivity index (χ2v) is 9.51. The van der Waals surface area contributed by atoms with Crippen LogP contribution in [0.25, 0.3) is 10.9 Å². The van der Waals surface area contributed by atoms with Gasteiger partial charge in [-0.2, -0.15) is 13.2 Å². The zero-order valence-corrected chi connectivity index (χ0v) is 21.5. The average molecular weight is 521 g/mol. The summed E-state index contributed by atoms with van der Waals surface area (Å²) in [4.78, 5) is 24.1. The van der Waals surface area contributed by atoms with Crippen molar-refractivity contribution in [2.24, 2.45) is 7.05 Å². The molecule has 0 atom stereocenters. The van der Waals surface area contributed by atoms with Crippen LogP contribution >= 0.6 is 0 Å². The van der Waals surface area contributed by atoms with Gasteiger partial charge in [0.2, 0.25) is 11.4 Å². The fraction of sp³-hybridized carbons (Fsp3) is 0.462. The summed E-state index contributed by atoms with van der Waals surface area (Å²) in [7, 11) is 4.94. The number of fused-ring (bicyclic) bond motifs is 1. The molecule has 7 nitrogen and oxygen atoms in total. The third-order valence-electron chi connectivity index (χ3n) is 7.08. The molecule has 2 aromatic heterocycles. The maximum absolute atomic E-state index is 16.2. The highest BCUT2D eigenvalue weighted by atomic mass is 19.4. The number of anilines is 1. The molecular weight excluding hydrogens is 490 g/mol. The Bertz CT molecular complexity index is 1340. The Morgan fingerprint density at radius 1 is 1.27 bits per heavy atom. The van der Waals surface area contributed by atoms with Gasteiger partial charge in [0.1, 0.15) is 0 Å². The van der Waals surface area contributed by atoms with Crippen LogP contribution in [0.4, 0.5) is 23.4 Å². The molecule has 1 fully saturated rings. The summed E-state index contributed by atoms with van der Waals surface area (Å²) in [6.45, 7) is 3.61. The Morgan fingerprint density at radius 2 is 1.95 bits per heavy atom. The quantitative estimate of drug-likeness (QED) is 0.372. The molecule has 1 amide bonds. The summed E-state index contributed by atoms with van der Waals surface area (Å²) in [5.74, 6) is 0.570. The molecule has 0 N–H and O–H groups in total. The number of alkyl halides is 4. The lowest BCUT2D eigenvalue weighted by molar-refractivity contribution is -0.648. The summed E-state index contributed by atoms with van der Waals surface area (Å²) in [6.07, 6.45) is -2.70. The number of hydrogen-bond donors (Lipinski definition) is 0. The fourth-order valence-corrected chi connectivity index (χ4v) is 4.90. The van der Waals surface area contributed by atoms with E-state index in [9.17, 15) is 18.0 Å². The van der Waals surface area contributed by atoms with Crippen molar-refractivity contribution in [2.45, 2.75) is 45.1 Å². The Labute approximate surface area is 212 Å². The first-order valence-electron chi connectivity index (χ1n) is 11.9. The Morgan fingerprint density at radius 3 is 2.54 bits per heavy atom. The first-order chi connectivity index (χ1) is 17.4. The van der Waals surface area contributed by atoms with Crippen LogP contribution in [-0.2, 0) is 30.2 Å². The zero-order valence-electron chi connectivity index (χ0n) is 21.5. The van der Waals surface area contributed by atoms with E-state index in [1.165, 1.54) is 27.0 Å². The number of likely N-dealkylation sites (tertiary alicyclic amines) is 1. The standard InChI is InChI=1S/C26H30F4N5O2/c1-16-18(7-6-8-20(16)26(28,29)30)14-33(3)23-19-13-21(25(27)9-11-35(12-10-25)17(2)36)32-24(37-5)22(19)34(4)15-31-23/h6-8,13,15H,9-12,14H2,1-5H3/q+1. The van der Waals surface area contributed by atoms with Crippen LogP contribution in [-0.4, -0.2) is 48.0 Å². The highest BCUT2D eigenvalue weighted by Gasteiger charge is 2.40. The van der Waals surface area contributed by atoms with E-state index in [0.29, 0.717) is 22.3 Å². The maximum atomic E-state index is 16.2. The van der Waals surface area contributed by atoms with Gasteiger partial charge in [-0.15, -0.1) is 0 Å². The van der Waals surface area contributed by atoms with E-state index < -0.39 is 17.4 Å². The normalized spacial score (nSPS) is 15.6. The van der Waals surface area contributed by atoms with E-state index in [0.717, 1.165) is 6.07 Å². The largest absolute Gasteiger partial charge is 0.478 e. The predicted octanol–water partition coefficient (Wildman–Crippen LogP) is 4.23. The lowest BCUT2D eigenvalue weighted by atomic mass is 9.89. The number of pyridine rings is 1. The Hall–Kier alpha value is -3.50. The van der Waals surface area contributed by atoms with Gasteiger partial charge in [-0.05, 0) is 35.2 Å². The first-order valence-corrected chi connectivity index (χ1v) is 11.9. The number of rotatable bonds is 5. The van der Waals surface area contributed by atoms with Gasteiger partial charge in [0.15, 0.2) is 5.67 Å². The third kappa shape index (κ3) is 5.03. The van der Waals surface area contributed by atoms with Gasteiger partial charge in [0.05, 0.1) is 30.8 Å². The van der Waals surface area contributed by atoms with Crippen molar-refractivity contribution >= 4 is 22.6 Å². The molecule has 1 aliphatic heterocycles. The average Bonchev–Trinajstić information content (AvgIpc) is 2.84. The van der Waals surface area contributed by atoms with E-state index in [2.05, 4.69) is 9.97 Å². The maximum Gasteiger partial charge on any atom is 0.416 e. The topological polar surface area (TPSA) is 62.4 Å². The Kier molecular flexibility index (Phi) is 7.00. The van der Waals surface area contributed by atoms with Gasteiger partial charge in [-0.25, -0.2) is 13.9 Å². The van der Waals surface area contributed by atoms with Crippen LogP contribution in [0, 0.1) is 6.92 Å². The molecular formula is C26H30F4N5O2+.